The normalized spacial score (nSPS) is 19.0. The molecular weight excluding hydrogens is 677 g/mol. The highest BCUT2D eigenvalue weighted by Crippen LogP contribution is 2.41. The lowest BCUT2D eigenvalue weighted by atomic mass is 9.88. The van der Waals surface area contributed by atoms with Gasteiger partial charge < -0.3 is 19.6 Å². The van der Waals surface area contributed by atoms with E-state index < -0.39 is 6.04 Å². The van der Waals surface area contributed by atoms with Crippen LogP contribution in [0.3, 0.4) is 0 Å². The van der Waals surface area contributed by atoms with Crippen LogP contribution in [0.5, 0.6) is 11.5 Å². The molecule has 0 saturated carbocycles. The molecule has 0 radical (unpaired) electrons. The van der Waals surface area contributed by atoms with Crippen LogP contribution in [0.1, 0.15) is 83.1 Å². The van der Waals surface area contributed by atoms with Gasteiger partial charge in [0.05, 0.1) is 6.61 Å². The average Bonchev–Trinajstić information content (AvgIpc) is 3.39. The van der Waals surface area contributed by atoms with Gasteiger partial charge in [-0.1, -0.05) is 48.5 Å². The number of allylic oxidation sites excluding steroid dienone is 1. The molecule has 2 fully saturated rings. The number of piperazine rings is 1. The Labute approximate surface area is 317 Å². The lowest BCUT2D eigenvalue weighted by Gasteiger charge is -2.36. The van der Waals surface area contributed by atoms with Crippen LogP contribution >= 0.6 is 0 Å². The highest BCUT2D eigenvalue weighted by molar-refractivity contribution is 6.05. The van der Waals surface area contributed by atoms with E-state index in [9.17, 15) is 19.5 Å². The molecule has 2 N–H and O–H groups in total. The number of nitrogens with zero attached hydrogens (tertiary/aromatic N) is 3. The van der Waals surface area contributed by atoms with Crippen LogP contribution in [0.25, 0.3) is 11.1 Å². The molecule has 4 aliphatic rings. The Morgan fingerprint density at radius 3 is 2.33 bits per heavy atom. The zero-order valence-corrected chi connectivity index (χ0v) is 30.8. The molecule has 0 unspecified atom stereocenters. The molecule has 0 aromatic heterocycles. The molecule has 2 saturated heterocycles. The van der Waals surface area contributed by atoms with Crippen molar-refractivity contribution in [3.8, 4) is 11.5 Å². The van der Waals surface area contributed by atoms with Crippen molar-refractivity contribution in [2.45, 2.75) is 64.0 Å². The number of imide groups is 1. The van der Waals surface area contributed by atoms with Gasteiger partial charge in [0.2, 0.25) is 11.8 Å². The summed E-state index contributed by atoms with van der Waals surface area (Å²) in [6.07, 6.45) is 6.84. The number of aromatic hydroxyl groups is 1. The molecule has 4 aromatic rings. The lowest BCUT2D eigenvalue weighted by Crippen LogP contribution is -2.52. The Bertz CT molecular complexity index is 2050. The van der Waals surface area contributed by atoms with E-state index in [1.807, 2.05) is 18.2 Å². The SMILES string of the molecule is O=C1CC[C@H](N2Cc3cc(N4CCN(CCCCCOc5ccc(C6=C(c7ccccc7)CCCc7cc(O)ccc76)cc5)CC4)ccc3C2=O)C(=O)N1. The maximum atomic E-state index is 13.1. The minimum Gasteiger partial charge on any atom is -0.508 e. The summed E-state index contributed by atoms with van der Waals surface area (Å²) < 4.78 is 6.19. The van der Waals surface area contributed by atoms with Gasteiger partial charge >= 0.3 is 0 Å². The molecule has 3 aliphatic heterocycles. The Balaban J connectivity index is 0.791. The number of phenolic OH excluding ortho intramolecular Hbond substituents is 1. The predicted molar refractivity (Wildman–Crippen MR) is 210 cm³/mol. The smallest absolute Gasteiger partial charge is 0.255 e. The minimum atomic E-state index is -0.590. The molecule has 1 atom stereocenters. The molecule has 3 amide bonds. The summed E-state index contributed by atoms with van der Waals surface area (Å²) in [4.78, 5) is 43.6. The Morgan fingerprint density at radius 1 is 0.741 bits per heavy atom. The lowest BCUT2D eigenvalue weighted by molar-refractivity contribution is -0.136. The van der Waals surface area contributed by atoms with Crippen LogP contribution in [-0.2, 0) is 22.6 Å². The number of carbonyl (C=O) groups excluding carboxylic acids is 3. The summed E-state index contributed by atoms with van der Waals surface area (Å²) in [6.45, 7) is 6.01. The number of anilines is 1. The van der Waals surface area contributed by atoms with Gasteiger partial charge in [-0.05, 0) is 133 Å². The van der Waals surface area contributed by atoms with Crippen molar-refractivity contribution >= 4 is 34.6 Å². The van der Waals surface area contributed by atoms with Crippen molar-refractivity contribution in [1.82, 2.24) is 15.1 Å². The highest BCUT2D eigenvalue weighted by Gasteiger charge is 2.39. The summed E-state index contributed by atoms with van der Waals surface area (Å²) in [5.74, 6) is 0.423. The van der Waals surface area contributed by atoms with Crippen LogP contribution in [0.4, 0.5) is 5.69 Å². The number of unbranched alkanes of at least 4 members (excludes halogenated alkanes) is 2. The Kier molecular flexibility index (Phi) is 10.5. The van der Waals surface area contributed by atoms with Crippen molar-refractivity contribution in [2.24, 2.45) is 0 Å². The summed E-state index contributed by atoms with van der Waals surface area (Å²) in [5, 5.41) is 12.6. The fourth-order valence-corrected chi connectivity index (χ4v) is 8.54. The van der Waals surface area contributed by atoms with E-state index in [2.05, 4.69) is 81.8 Å². The van der Waals surface area contributed by atoms with Crippen molar-refractivity contribution in [3.63, 3.8) is 0 Å². The van der Waals surface area contributed by atoms with Crippen LogP contribution in [0.15, 0.2) is 91.0 Å². The van der Waals surface area contributed by atoms with Crippen LogP contribution < -0.4 is 15.0 Å². The summed E-state index contributed by atoms with van der Waals surface area (Å²) in [7, 11) is 0. The number of amides is 3. The molecule has 9 heteroatoms. The molecule has 54 heavy (non-hydrogen) atoms. The number of piperidine rings is 1. The molecule has 9 nitrogen and oxygen atoms in total. The third-order valence-electron chi connectivity index (χ3n) is 11.4. The molecule has 278 valence electrons. The fraction of sp³-hybridized carbons (Fsp3) is 0.356. The zero-order valence-electron chi connectivity index (χ0n) is 30.8. The molecule has 8 rings (SSSR count). The quantitative estimate of drug-likeness (QED) is 0.129. The van der Waals surface area contributed by atoms with Crippen LogP contribution in [0, 0.1) is 0 Å². The molecular formula is C45H48N4O5. The van der Waals surface area contributed by atoms with Gasteiger partial charge in [-0.15, -0.1) is 0 Å². The number of hydrogen-bond donors (Lipinski definition) is 2. The van der Waals surface area contributed by atoms with E-state index in [1.165, 1.54) is 27.8 Å². The number of fused-ring (bicyclic) bond motifs is 2. The van der Waals surface area contributed by atoms with E-state index in [4.69, 9.17) is 4.74 Å². The third kappa shape index (κ3) is 7.64. The van der Waals surface area contributed by atoms with Gasteiger partial charge in [-0.25, -0.2) is 0 Å². The average molecular weight is 725 g/mol. The van der Waals surface area contributed by atoms with E-state index in [0.717, 1.165) is 93.8 Å². The van der Waals surface area contributed by atoms with Crippen molar-refractivity contribution < 1.29 is 24.2 Å². The first-order chi connectivity index (χ1) is 26.4. The Morgan fingerprint density at radius 2 is 1.54 bits per heavy atom. The number of ether oxygens (including phenoxy) is 1. The number of benzene rings is 4. The van der Waals surface area contributed by atoms with E-state index >= 15 is 0 Å². The monoisotopic (exact) mass is 724 g/mol. The number of carbonyl (C=O) groups is 3. The second kappa shape index (κ2) is 15.9. The van der Waals surface area contributed by atoms with E-state index in [1.54, 1.807) is 11.0 Å². The second-order valence-electron chi connectivity index (χ2n) is 14.9. The molecule has 4 aromatic carbocycles. The number of hydrogen-bond acceptors (Lipinski definition) is 7. The van der Waals surface area contributed by atoms with Gasteiger partial charge in [-0.2, -0.15) is 0 Å². The van der Waals surface area contributed by atoms with Gasteiger partial charge in [-0.3, -0.25) is 24.6 Å². The van der Waals surface area contributed by atoms with E-state index in [-0.39, 0.29) is 24.1 Å². The summed E-state index contributed by atoms with van der Waals surface area (Å²) >= 11 is 0. The largest absolute Gasteiger partial charge is 0.508 e. The maximum Gasteiger partial charge on any atom is 0.255 e. The standard InChI is InChI=1S/C45H48N4O5/c50-36-15-19-39-33(29-36)10-7-11-38(31-8-3-1-4-9-31)43(39)32-12-16-37(17-13-32)54-27-6-2-5-22-47-23-25-48(26-24-47)35-14-18-40-34(28-35)30-49(45(40)53)41-20-21-42(51)46-44(41)52/h1,3-4,8-9,12-19,28-29,41,50H,2,5-7,10-11,20-27,30H2,(H,46,51,52)/t41-/m0/s1. The first-order valence-corrected chi connectivity index (χ1v) is 19.5. The van der Waals surface area contributed by atoms with Crippen LogP contribution in [0.2, 0.25) is 0 Å². The molecule has 1 aliphatic carbocycles. The van der Waals surface area contributed by atoms with Crippen LogP contribution in [-0.4, -0.2) is 78.0 Å². The van der Waals surface area contributed by atoms with Crippen molar-refractivity contribution in [3.05, 3.63) is 124 Å². The fourth-order valence-electron chi connectivity index (χ4n) is 8.54. The zero-order chi connectivity index (χ0) is 37.0. The topological polar surface area (TPSA) is 102 Å². The van der Waals surface area contributed by atoms with Gasteiger partial charge in [0.25, 0.3) is 5.91 Å². The number of aryl methyl sites for hydroxylation is 1. The molecule has 0 spiro atoms. The van der Waals surface area contributed by atoms with Gasteiger partial charge in [0, 0.05) is 50.4 Å². The van der Waals surface area contributed by atoms with Crippen molar-refractivity contribution in [1.29, 1.82) is 0 Å². The third-order valence-corrected chi connectivity index (χ3v) is 11.4. The number of phenols is 1. The first kappa shape index (κ1) is 35.6. The molecule has 3 heterocycles. The Hall–Kier alpha value is -5.41. The van der Waals surface area contributed by atoms with Crippen molar-refractivity contribution in [2.75, 3.05) is 44.2 Å². The number of nitrogens with one attached hydrogen (secondary N) is 1. The summed E-state index contributed by atoms with van der Waals surface area (Å²) in [5.41, 5.74) is 10.1. The molecule has 0 bridgehead atoms. The number of rotatable bonds is 11. The highest BCUT2D eigenvalue weighted by atomic mass is 16.5. The maximum absolute atomic E-state index is 13.1. The second-order valence-corrected chi connectivity index (χ2v) is 14.9. The predicted octanol–water partition coefficient (Wildman–Crippen LogP) is 6.82. The van der Waals surface area contributed by atoms with E-state index in [0.29, 0.717) is 30.9 Å². The minimum absolute atomic E-state index is 0.130. The van der Waals surface area contributed by atoms with Gasteiger partial charge in [0.1, 0.15) is 17.5 Å². The first-order valence-electron chi connectivity index (χ1n) is 19.5. The van der Waals surface area contributed by atoms with Gasteiger partial charge in [0.15, 0.2) is 0 Å². The summed E-state index contributed by atoms with van der Waals surface area (Å²) in [6, 6.07) is 30.4.